The Hall–Kier alpha value is -2.53. The molecule has 8 nitrogen and oxygen atoms in total. The van der Waals surface area contributed by atoms with E-state index in [1.807, 2.05) is 6.92 Å². The molecule has 12 heteroatoms. The molecule has 0 spiro atoms. The molecule has 34 heavy (non-hydrogen) atoms. The van der Waals surface area contributed by atoms with Gasteiger partial charge in [0.05, 0.1) is 12.2 Å². The number of carbonyl (C=O) groups excluding carboxylic acids is 1. The van der Waals surface area contributed by atoms with E-state index in [1.54, 1.807) is 31.4 Å². The first-order chi connectivity index (χ1) is 15.9. The number of aromatic nitrogens is 4. The average molecular weight is 560 g/mol. The van der Waals surface area contributed by atoms with Crippen molar-refractivity contribution in [3.8, 4) is 0 Å². The number of hydrogen-bond donors (Lipinski definition) is 2. The monoisotopic (exact) mass is 558 g/mol. The number of hydrogen-bond acceptors (Lipinski definition) is 6. The molecule has 0 radical (unpaired) electrons. The Morgan fingerprint density at radius 1 is 1.38 bits per heavy atom. The number of aryl methyl sites for hydroxylation is 1. The number of alkyl carbamates (subject to hydrolysis) is 1. The Kier molecular flexibility index (Phi) is 7.97. The van der Waals surface area contributed by atoms with E-state index < -0.39 is 29.7 Å². The minimum atomic E-state index is -1.36. The summed E-state index contributed by atoms with van der Waals surface area (Å²) in [4.78, 5) is 20.3. The fraction of sp³-hybridized carbons (Fsp3) is 0.455. The van der Waals surface area contributed by atoms with Crippen LogP contribution >= 0.6 is 27.5 Å². The molecule has 3 rings (SSSR count). The molecule has 0 saturated carbocycles. The van der Waals surface area contributed by atoms with Crippen LogP contribution in [-0.4, -0.2) is 43.5 Å². The summed E-state index contributed by atoms with van der Waals surface area (Å²) in [7, 11) is 0. The quantitative estimate of drug-likeness (QED) is 0.403. The molecule has 0 aromatic carbocycles. The lowest BCUT2D eigenvalue weighted by atomic mass is 10.0. The Morgan fingerprint density at radius 2 is 2.09 bits per heavy atom. The summed E-state index contributed by atoms with van der Waals surface area (Å²) >= 11 is 9.66. The number of amides is 1. The van der Waals surface area contributed by atoms with Gasteiger partial charge in [-0.15, -0.1) is 5.10 Å². The summed E-state index contributed by atoms with van der Waals surface area (Å²) in [6.07, 6.45) is 0.721. The number of pyridine rings is 1. The third kappa shape index (κ3) is 6.12. The zero-order chi connectivity index (χ0) is 25.2. The Bertz CT molecular complexity index is 1200. The number of nitrogens with one attached hydrogen (secondary N) is 2. The van der Waals surface area contributed by atoms with Gasteiger partial charge in [0, 0.05) is 18.3 Å². The minimum absolute atomic E-state index is 0.0326. The van der Waals surface area contributed by atoms with Crippen molar-refractivity contribution in [2.24, 2.45) is 0 Å². The molecule has 3 aromatic rings. The van der Waals surface area contributed by atoms with E-state index in [-0.39, 0.29) is 18.2 Å². The van der Waals surface area contributed by atoms with Gasteiger partial charge in [-0.3, -0.25) is 4.98 Å². The third-order valence-corrected chi connectivity index (χ3v) is 6.02. The molecule has 2 atom stereocenters. The van der Waals surface area contributed by atoms with Crippen molar-refractivity contribution in [3.63, 3.8) is 0 Å². The summed E-state index contributed by atoms with van der Waals surface area (Å²) in [5.74, 6) is -0.0706. The number of ether oxygens (including phenoxy) is 1. The van der Waals surface area contributed by atoms with Gasteiger partial charge in [0.15, 0.2) is 5.82 Å². The molecule has 0 fully saturated rings. The summed E-state index contributed by atoms with van der Waals surface area (Å²) in [6.45, 7) is 8.54. The van der Waals surface area contributed by atoms with Crippen molar-refractivity contribution in [2.75, 3.05) is 5.32 Å². The number of anilines is 1. The maximum atomic E-state index is 14.5. The predicted molar refractivity (Wildman–Crippen MR) is 129 cm³/mol. The molecule has 1 amide bonds. The molecule has 0 saturated heterocycles. The topological polar surface area (TPSA) is 93.4 Å². The highest BCUT2D eigenvalue weighted by Gasteiger charge is 2.27. The van der Waals surface area contributed by atoms with Crippen molar-refractivity contribution in [3.05, 3.63) is 50.9 Å². The highest BCUT2D eigenvalue weighted by Crippen LogP contribution is 2.33. The van der Waals surface area contributed by atoms with Gasteiger partial charge in [0.25, 0.3) is 0 Å². The molecule has 3 heterocycles. The second-order valence-corrected chi connectivity index (χ2v) is 9.93. The predicted octanol–water partition coefficient (Wildman–Crippen LogP) is 5.39. The van der Waals surface area contributed by atoms with Gasteiger partial charge in [0.1, 0.15) is 27.7 Å². The van der Waals surface area contributed by atoms with E-state index in [1.165, 1.54) is 13.1 Å². The van der Waals surface area contributed by atoms with Crippen LogP contribution in [0.25, 0.3) is 5.52 Å². The second-order valence-electron chi connectivity index (χ2n) is 8.84. The lowest BCUT2D eigenvalue weighted by Gasteiger charge is -2.24. The number of carbonyl (C=O) groups is 1. The van der Waals surface area contributed by atoms with Crippen molar-refractivity contribution in [2.45, 2.75) is 65.4 Å². The van der Waals surface area contributed by atoms with E-state index in [2.05, 4.69) is 41.6 Å². The molecular formula is C22H26BrClF2N6O2. The Morgan fingerprint density at radius 3 is 2.71 bits per heavy atom. The van der Waals surface area contributed by atoms with Crippen LogP contribution in [0.5, 0.6) is 0 Å². The number of alkyl halides is 1. The standard InChI is InChI=1S/C22H26BrClF2N6O2/c1-11-14(8-16(12(2)25)29-21(33)34-22(3,4)5)18(23)32-17(11)19(30-20(24)31-32)28-9-13-6-7-27-10-15(13)26/h6-7,10,12,16H,8-9H2,1-5H3,(H,29,33)(H,28,30,31)/t12-,16+/m0/s1. The zero-order valence-electron chi connectivity index (χ0n) is 19.4. The lowest BCUT2D eigenvalue weighted by molar-refractivity contribution is 0.0477. The summed E-state index contributed by atoms with van der Waals surface area (Å²) < 4.78 is 35.8. The summed E-state index contributed by atoms with van der Waals surface area (Å²) in [5, 5.41) is 9.91. The van der Waals surface area contributed by atoms with Gasteiger partial charge >= 0.3 is 6.09 Å². The molecule has 0 unspecified atom stereocenters. The smallest absolute Gasteiger partial charge is 0.407 e. The van der Waals surface area contributed by atoms with Gasteiger partial charge in [-0.2, -0.15) is 4.98 Å². The first-order valence-corrected chi connectivity index (χ1v) is 11.7. The van der Waals surface area contributed by atoms with Crippen LogP contribution < -0.4 is 10.6 Å². The molecule has 0 bridgehead atoms. The van der Waals surface area contributed by atoms with Crippen LogP contribution in [0.15, 0.2) is 23.1 Å². The van der Waals surface area contributed by atoms with E-state index in [0.717, 1.165) is 11.8 Å². The van der Waals surface area contributed by atoms with Crippen LogP contribution in [0.4, 0.5) is 19.4 Å². The molecule has 0 aliphatic carbocycles. The zero-order valence-corrected chi connectivity index (χ0v) is 21.8. The molecule has 2 N–H and O–H groups in total. The normalized spacial score (nSPS) is 13.6. The van der Waals surface area contributed by atoms with Gasteiger partial charge in [-0.1, -0.05) is 0 Å². The first kappa shape index (κ1) is 26.1. The fourth-order valence-corrected chi connectivity index (χ4v) is 4.27. The highest BCUT2D eigenvalue weighted by atomic mass is 79.9. The molecule has 0 aliphatic rings. The third-order valence-electron chi connectivity index (χ3n) is 5.05. The second kappa shape index (κ2) is 10.4. The van der Waals surface area contributed by atoms with E-state index in [9.17, 15) is 13.6 Å². The van der Waals surface area contributed by atoms with E-state index >= 15 is 0 Å². The molecule has 3 aromatic heterocycles. The van der Waals surface area contributed by atoms with Crippen LogP contribution in [0, 0.1) is 12.7 Å². The number of fused-ring (bicyclic) bond motifs is 1. The molecular weight excluding hydrogens is 534 g/mol. The highest BCUT2D eigenvalue weighted by molar-refractivity contribution is 9.10. The van der Waals surface area contributed by atoms with Gasteiger partial charge in [-0.25, -0.2) is 18.1 Å². The average Bonchev–Trinajstić information content (AvgIpc) is 2.95. The van der Waals surface area contributed by atoms with Gasteiger partial charge in [-0.05, 0) is 85.8 Å². The van der Waals surface area contributed by atoms with Crippen LogP contribution in [-0.2, 0) is 17.7 Å². The maximum Gasteiger partial charge on any atom is 0.407 e. The van der Waals surface area contributed by atoms with Crippen molar-refractivity contribution in [1.82, 2.24) is 24.9 Å². The van der Waals surface area contributed by atoms with Gasteiger partial charge in [0.2, 0.25) is 5.28 Å². The van der Waals surface area contributed by atoms with Crippen LogP contribution in [0.1, 0.15) is 44.4 Å². The molecule has 184 valence electrons. The Labute approximate surface area is 209 Å². The van der Waals surface area contributed by atoms with Crippen molar-refractivity contribution >= 4 is 45.0 Å². The van der Waals surface area contributed by atoms with E-state index in [0.29, 0.717) is 27.1 Å². The summed E-state index contributed by atoms with van der Waals surface area (Å²) in [6, 6.07) is 0.706. The Balaban J connectivity index is 1.93. The van der Waals surface area contributed by atoms with E-state index in [4.69, 9.17) is 16.3 Å². The first-order valence-electron chi connectivity index (χ1n) is 10.6. The lowest BCUT2D eigenvalue weighted by Crippen LogP contribution is -2.44. The number of nitrogens with zero attached hydrogens (tertiary/aromatic N) is 4. The van der Waals surface area contributed by atoms with Gasteiger partial charge < -0.3 is 15.4 Å². The minimum Gasteiger partial charge on any atom is -0.444 e. The number of halogens is 4. The SMILES string of the molecule is Cc1c(C[C@@H](NC(=O)OC(C)(C)C)[C@H](C)F)c(Br)n2nc(Cl)nc(NCc3ccncc3F)c12. The van der Waals surface area contributed by atoms with Crippen LogP contribution in [0.3, 0.4) is 0 Å². The van der Waals surface area contributed by atoms with Crippen molar-refractivity contribution in [1.29, 1.82) is 0 Å². The number of rotatable bonds is 7. The van der Waals surface area contributed by atoms with Crippen LogP contribution in [0.2, 0.25) is 5.28 Å². The fourth-order valence-electron chi connectivity index (χ4n) is 3.40. The largest absolute Gasteiger partial charge is 0.444 e. The van der Waals surface area contributed by atoms with Crippen molar-refractivity contribution < 1.29 is 18.3 Å². The summed E-state index contributed by atoms with van der Waals surface area (Å²) in [5.41, 5.74) is 1.73. The molecule has 0 aliphatic heterocycles. The maximum absolute atomic E-state index is 14.5.